The fourth-order valence-electron chi connectivity index (χ4n) is 16.1. The molecule has 0 saturated heterocycles. The molecule has 80 heavy (non-hydrogen) atoms. The second-order valence-electron chi connectivity index (χ2n) is 29.8. The van der Waals surface area contributed by atoms with E-state index in [1.807, 2.05) is 0 Å². The van der Waals surface area contributed by atoms with Gasteiger partial charge in [0.1, 0.15) is 0 Å². The van der Waals surface area contributed by atoms with Crippen LogP contribution in [-0.4, -0.2) is 57.7 Å². The van der Waals surface area contributed by atoms with Crippen LogP contribution in [0.4, 0.5) is 0 Å². The van der Waals surface area contributed by atoms with Crippen LogP contribution in [0.15, 0.2) is 0 Å². The van der Waals surface area contributed by atoms with Crippen molar-refractivity contribution < 1.29 is 93.1 Å². The zero-order valence-electron chi connectivity index (χ0n) is 60.7. The molecule has 456 valence electrons. The normalized spacial score (nSPS) is 30.3. The Bertz CT molecular complexity index is 1380. The zero-order chi connectivity index (χ0) is 57.9. The predicted octanol–water partition coefficient (Wildman–Crippen LogP) is 11.5. The van der Waals surface area contributed by atoms with Crippen molar-refractivity contribution in [3.8, 4) is 0 Å². The van der Waals surface area contributed by atoms with Crippen LogP contribution in [0.3, 0.4) is 0 Å². The Kier molecular flexibility index (Phi) is 52.7. The van der Waals surface area contributed by atoms with Gasteiger partial charge in [-0.2, -0.15) is 0 Å². The molecule has 0 bridgehead atoms. The molecule has 0 amide bonds. The standard InChI is InChI=1S/C20H42OSi.2C17H36OSi.C14H30OSi.4Li/c1-8-12-16-17(13-9-2)19(15-11-4)20(18(16)14-10-3)21-22(5,6)7;1-7-10-14-13-17(18-19(4,5)6)16(12-9-3)15(14)11-8-2;1-7-10-14-13-15(11-8-2)17(16(14)12-9-3)18-19(4,5)6;1-6-8-12-10-11-13(9-7-2)14(12)15-16(3,4)5;;;;/h16-20H,8-15H2,1-7H3;2*14-17H,7-13H2,1-6H3;12-14H,6-11H2,1-5H3;;;;/q;;;;4*+1. The first-order valence-electron chi connectivity index (χ1n) is 34.4. The molecule has 0 heterocycles. The zero-order valence-corrected chi connectivity index (χ0v) is 64.7. The third kappa shape index (κ3) is 33.8. The molecule has 4 saturated carbocycles. The van der Waals surface area contributed by atoms with Gasteiger partial charge in [0.05, 0.1) is 18.3 Å². The molecule has 0 spiro atoms. The minimum Gasteiger partial charge on any atom is -0.414 e. The Balaban J connectivity index is -0.000000476. The Morgan fingerprint density at radius 1 is 0.237 bits per heavy atom. The Morgan fingerprint density at radius 2 is 0.500 bits per heavy atom. The SMILES string of the molecule is CCCC1C(CCC)C(CCC)C(O[Si](C)(C)C)C1CCC.CCCC1CC(CCC)C(O[Si](C)(C)C)C1CCC.CCCC1CC(O[Si](C)(C)C)C(CCC)C1CCC.CCCC1CCC(CCC)C1O[Si](C)(C)C.[Li+].[Li+].[Li+].[Li+]. The van der Waals surface area contributed by atoms with Crippen molar-refractivity contribution in [3.05, 3.63) is 0 Å². The second-order valence-corrected chi connectivity index (χ2v) is 47.7. The van der Waals surface area contributed by atoms with Gasteiger partial charge in [0.25, 0.3) is 0 Å². The van der Waals surface area contributed by atoms with Crippen molar-refractivity contribution in [1.29, 1.82) is 0 Å². The summed E-state index contributed by atoms with van der Waals surface area (Å²) in [6.45, 7) is 56.3. The van der Waals surface area contributed by atoms with Crippen LogP contribution in [0.5, 0.6) is 0 Å². The average Bonchev–Trinajstić information content (AvgIpc) is 4.00. The Hall–Kier alpha value is 3.10. The molecular formula is C68H144Li4O4Si4+4. The molecule has 0 N–H and O–H groups in total. The molecule has 4 rings (SSSR count). The van der Waals surface area contributed by atoms with Gasteiger partial charge in [0.2, 0.25) is 0 Å². The van der Waals surface area contributed by atoms with E-state index in [4.69, 9.17) is 17.7 Å². The van der Waals surface area contributed by atoms with Gasteiger partial charge in [-0.3, -0.25) is 0 Å². The largest absolute Gasteiger partial charge is 1.00 e. The monoisotopic (exact) mass is 1170 g/mol. The molecule has 0 aromatic carbocycles. The van der Waals surface area contributed by atoms with Gasteiger partial charge < -0.3 is 17.7 Å². The van der Waals surface area contributed by atoms with Crippen molar-refractivity contribution in [2.75, 3.05) is 0 Å². The summed E-state index contributed by atoms with van der Waals surface area (Å²) in [4.78, 5) is 0. The van der Waals surface area contributed by atoms with E-state index in [9.17, 15) is 0 Å². The molecule has 12 heteroatoms. The van der Waals surface area contributed by atoms with Crippen molar-refractivity contribution in [2.24, 2.45) is 71.0 Å². The number of hydrogen-bond acceptors (Lipinski definition) is 4. The van der Waals surface area contributed by atoms with Crippen LogP contribution in [0.1, 0.15) is 263 Å². The van der Waals surface area contributed by atoms with Crippen LogP contribution in [0.2, 0.25) is 78.6 Å². The molecule has 0 aliphatic heterocycles. The first kappa shape index (κ1) is 89.5. The minimum atomic E-state index is -1.47. The third-order valence-corrected chi connectivity index (χ3v) is 22.2. The summed E-state index contributed by atoms with van der Waals surface area (Å²) in [7, 11) is -5.65. The van der Waals surface area contributed by atoms with E-state index in [0.29, 0.717) is 24.4 Å². The van der Waals surface area contributed by atoms with E-state index in [1.54, 1.807) is 0 Å². The average molecular weight is 1170 g/mol. The maximum atomic E-state index is 6.82. The first-order valence-corrected chi connectivity index (χ1v) is 48.1. The van der Waals surface area contributed by atoms with Crippen molar-refractivity contribution in [3.63, 3.8) is 0 Å². The quantitative estimate of drug-likeness (QED) is 0.0629. The summed E-state index contributed by atoms with van der Waals surface area (Å²) in [5.74, 6) is 10.5. The van der Waals surface area contributed by atoms with E-state index >= 15 is 0 Å². The molecule has 0 aromatic rings. The molecule has 4 nitrogen and oxygen atoms in total. The van der Waals surface area contributed by atoms with Crippen LogP contribution < -0.4 is 75.4 Å². The molecule has 14 unspecified atom stereocenters. The summed E-state index contributed by atoms with van der Waals surface area (Å²) in [6.07, 6.45) is 40.5. The predicted molar refractivity (Wildman–Crippen MR) is 352 cm³/mol. The van der Waals surface area contributed by atoms with Crippen LogP contribution in [0, 0.1) is 71.0 Å². The second kappa shape index (κ2) is 47.1. The minimum absolute atomic E-state index is 0. The van der Waals surface area contributed by atoms with E-state index in [2.05, 4.69) is 162 Å². The van der Waals surface area contributed by atoms with Crippen molar-refractivity contribution in [2.45, 2.75) is 366 Å². The van der Waals surface area contributed by atoms with Gasteiger partial charge >= 0.3 is 75.4 Å². The fourth-order valence-corrected chi connectivity index (χ4v) is 20.9. The molecule has 14 atom stereocenters. The van der Waals surface area contributed by atoms with Gasteiger partial charge in [0, 0.05) is 6.10 Å². The topological polar surface area (TPSA) is 36.9 Å². The van der Waals surface area contributed by atoms with E-state index in [0.717, 1.165) is 71.0 Å². The summed E-state index contributed by atoms with van der Waals surface area (Å²) in [6, 6.07) is 0. The molecule has 4 aliphatic rings. The molecule has 4 aliphatic carbocycles. The van der Waals surface area contributed by atoms with Gasteiger partial charge in [-0.25, -0.2) is 0 Å². The van der Waals surface area contributed by atoms with Gasteiger partial charge in [-0.15, -0.1) is 0 Å². The smallest absolute Gasteiger partial charge is 0.414 e. The Labute approximate surface area is 558 Å². The Morgan fingerprint density at radius 3 is 0.850 bits per heavy atom. The van der Waals surface area contributed by atoms with Crippen LogP contribution in [0.25, 0.3) is 0 Å². The third-order valence-electron chi connectivity index (χ3n) is 18.2. The van der Waals surface area contributed by atoms with Crippen molar-refractivity contribution in [1.82, 2.24) is 0 Å². The van der Waals surface area contributed by atoms with E-state index < -0.39 is 33.3 Å². The van der Waals surface area contributed by atoms with Gasteiger partial charge in [0.15, 0.2) is 33.3 Å². The van der Waals surface area contributed by atoms with Gasteiger partial charge in [-0.05, 0) is 220 Å². The van der Waals surface area contributed by atoms with Crippen molar-refractivity contribution >= 4 is 33.3 Å². The summed E-state index contributed by atoms with van der Waals surface area (Å²) in [5, 5.41) is 0. The van der Waals surface area contributed by atoms with E-state index in [-0.39, 0.29) is 75.4 Å². The van der Waals surface area contributed by atoms with E-state index in [1.165, 1.54) is 180 Å². The molecule has 0 radical (unpaired) electrons. The summed E-state index contributed by atoms with van der Waals surface area (Å²) in [5.41, 5.74) is 0. The number of rotatable bonds is 32. The maximum absolute atomic E-state index is 6.82. The number of hydrogen-bond donors (Lipinski definition) is 0. The summed E-state index contributed by atoms with van der Waals surface area (Å²) < 4.78 is 26.5. The molecule has 4 fully saturated rings. The molecular weight excluding hydrogens is 1020 g/mol. The van der Waals surface area contributed by atoms with Crippen LogP contribution >= 0.6 is 0 Å². The first-order chi connectivity index (χ1) is 35.7. The molecule has 0 aromatic heterocycles. The fraction of sp³-hybridized carbons (Fsp3) is 1.00. The van der Waals surface area contributed by atoms with Crippen LogP contribution in [-0.2, 0) is 17.7 Å². The maximum Gasteiger partial charge on any atom is 1.00 e. The van der Waals surface area contributed by atoms with Gasteiger partial charge in [-0.1, -0.05) is 192 Å². The summed E-state index contributed by atoms with van der Waals surface area (Å²) >= 11 is 0.